The van der Waals surface area contributed by atoms with Crippen molar-refractivity contribution in [3.63, 3.8) is 0 Å². The van der Waals surface area contributed by atoms with E-state index < -0.39 is 5.97 Å². The monoisotopic (exact) mass is 127 g/mol. The van der Waals surface area contributed by atoms with Crippen molar-refractivity contribution in [2.24, 2.45) is 4.99 Å². The maximum Gasteiger partial charge on any atom is 0.331 e. The third-order valence-electron chi connectivity index (χ3n) is 0.503. The molecule has 0 rings (SSSR count). The number of rotatable bonds is 3. The van der Waals surface area contributed by atoms with Crippen LogP contribution in [0.1, 0.15) is 0 Å². The quantitative estimate of drug-likeness (QED) is 0.232. The number of esters is 1. The summed E-state index contributed by atoms with van der Waals surface area (Å²) in [5, 5.41) is 0. The number of aliphatic imine (C=N–C) groups is 1. The standard InChI is InChI=1S/C5H5NO3/c1-2-5(8)9-4-6-3-7/h2H,1,4H2. The van der Waals surface area contributed by atoms with Gasteiger partial charge in [0.25, 0.3) is 0 Å². The molecule has 4 nitrogen and oxygen atoms in total. The minimum atomic E-state index is -0.603. The Morgan fingerprint density at radius 3 is 3.00 bits per heavy atom. The van der Waals surface area contributed by atoms with Crippen LogP contribution in [0, 0.1) is 0 Å². The van der Waals surface area contributed by atoms with Gasteiger partial charge in [-0.15, -0.1) is 0 Å². The molecule has 0 aliphatic rings. The second-order valence-electron chi connectivity index (χ2n) is 1.05. The van der Waals surface area contributed by atoms with Crippen molar-refractivity contribution < 1.29 is 14.3 Å². The maximum atomic E-state index is 10.2. The molecule has 0 bridgehead atoms. The number of hydrogen-bond acceptors (Lipinski definition) is 4. The van der Waals surface area contributed by atoms with Crippen LogP contribution in [0.4, 0.5) is 0 Å². The SMILES string of the molecule is C=CC(=O)OCN=C=O. The second-order valence-corrected chi connectivity index (χ2v) is 1.05. The molecular weight excluding hydrogens is 122 g/mol. The van der Waals surface area contributed by atoms with Gasteiger partial charge in [0, 0.05) is 6.08 Å². The van der Waals surface area contributed by atoms with E-state index in [0.717, 1.165) is 6.08 Å². The number of carbonyl (C=O) groups is 1. The summed E-state index contributed by atoms with van der Waals surface area (Å²) in [5.74, 6) is -0.603. The van der Waals surface area contributed by atoms with E-state index in [2.05, 4.69) is 16.3 Å². The predicted octanol–water partition coefficient (Wildman–Crippen LogP) is 0.00890. The van der Waals surface area contributed by atoms with Crippen molar-refractivity contribution in [2.75, 3.05) is 6.73 Å². The van der Waals surface area contributed by atoms with Crippen LogP contribution in [-0.2, 0) is 14.3 Å². The Balaban J connectivity index is 3.38. The second kappa shape index (κ2) is 4.74. The lowest BCUT2D eigenvalue weighted by atomic mass is 10.7. The zero-order chi connectivity index (χ0) is 7.11. The van der Waals surface area contributed by atoms with Gasteiger partial charge < -0.3 is 4.74 Å². The van der Waals surface area contributed by atoms with Crippen LogP contribution >= 0.6 is 0 Å². The van der Waals surface area contributed by atoms with Crippen LogP contribution in [0.5, 0.6) is 0 Å². The summed E-state index contributed by atoms with van der Waals surface area (Å²) in [6.07, 6.45) is 2.20. The van der Waals surface area contributed by atoms with Crippen molar-refractivity contribution >= 4 is 12.0 Å². The highest BCUT2D eigenvalue weighted by molar-refractivity contribution is 5.81. The average molecular weight is 127 g/mol. The zero-order valence-electron chi connectivity index (χ0n) is 4.66. The van der Waals surface area contributed by atoms with E-state index in [1.54, 1.807) is 0 Å². The fraction of sp³-hybridized carbons (Fsp3) is 0.200. The van der Waals surface area contributed by atoms with E-state index in [1.807, 2.05) is 0 Å². The smallest absolute Gasteiger partial charge is 0.331 e. The van der Waals surface area contributed by atoms with Gasteiger partial charge in [0.1, 0.15) is 0 Å². The molecule has 0 atom stereocenters. The number of nitrogens with zero attached hydrogens (tertiary/aromatic N) is 1. The van der Waals surface area contributed by atoms with Gasteiger partial charge in [0.2, 0.25) is 6.08 Å². The van der Waals surface area contributed by atoms with Gasteiger partial charge in [0.15, 0.2) is 6.73 Å². The van der Waals surface area contributed by atoms with Gasteiger partial charge in [0.05, 0.1) is 0 Å². The molecule has 9 heavy (non-hydrogen) atoms. The molecule has 0 heterocycles. The summed E-state index contributed by atoms with van der Waals surface area (Å²) >= 11 is 0. The molecule has 0 aromatic rings. The Bertz CT molecular complexity index is 158. The van der Waals surface area contributed by atoms with E-state index in [0.29, 0.717) is 0 Å². The molecule has 0 aliphatic heterocycles. The summed E-state index contributed by atoms with van der Waals surface area (Å²) in [6, 6.07) is 0. The highest BCUT2D eigenvalue weighted by Crippen LogP contribution is 1.77. The van der Waals surface area contributed by atoms with Crippen LogP contribution < -0.4 is 0 Å². The van der Waals surface area contributed by atoms with Gasteiger partial charge >= 0.3 is 5.97 Å². The molecule has 0 fully saturated rings. The van der Waals surface area contributed by atoms with E-state index in [-0.39, 0.29) is 6.73 Å². The van der Waals surface area contributed by atoms with Gasteiger partial charge in [-0.2, -0.15) is 4.99 Å². The van der Waals surface area contributed by atoms with E-state index in [1.165, 1.54) is 6.08 Å². The van der Waals surface area contributed by atoms with E-state index in [4.69, 9.17) is 0 Å². The molecule has 0 radical (unpaired) electrons. The van der Waals surface area contributed by atoms with Gasteiger partial charge in [-0.3, -0.25) is 0 Å². The first kappa shape index (κ1) is 7.59. The van der Waals surface area contributed by atoms with E-state index >= 15 is 0 Å². The molecule has 0 aromatic heterocycles. The van der Waals surface area contributed by atoms with Crippen LogP contribution in [0.15, 0.2) is 17.6 Å². The molecule has 0 aromatic carbocycles. The molecule has 0 saturated carbocycles. The Labute approximate surface area is 51.8 Å². The summed E-state index contributed by atoms with van der Waals surface area (Å²) < 4.78 is 4.25. The largest absolute Gasteiger partial charge is 0.438 e. The van der Waals surface area contributed by atoms with E-state index in [9.17, 15) is 9.59 Å². The molecule has 0 N–H and O–H groups in total. The molecule has 0 aliphatic carbocycles. The Kier molecular flexibility index (Phi) is 4.00. The third-order valence-corrected chi connectivity index (χ3v) is 0.503. The number of ether oxygens (including phenoxy) is 1. The first-order valence-corrected chi connectivity index (χ1v) is 2.14. The lowest BCUT2D eigenvalue weighted by Gasteiger charge is -1.90. The van der Waals surface area contributed by atoms with Crippen molar-refractivity contribution in [3.8, 4) is 0 Å². The van der Waals surface area contributed by atoms with Gasteiger partial charge in [-0.05, 0) is 0 Å². The van der Waals surface area contributed by atoms with Gasteiger partial charge in [-0.25, -0.2) is 9.59 Å². The van der Waals surface area contributed by atoms with Gasteiger partial charge in [-0.1, -0.05) is 6.58 Å². The molecule has 0 unspecified atom stereocenters. The van der Waals surface area contributed by atoms with Crippen LogP contribution in [0.2, 0.25) is 0 Å². The zero-order valence-corrected chi connectivity index (χ0v) is 4.66. The van der Waals surface area contributed by atoms with Crippen molar-refractivity contribution in [1.82, 2.24) is 0 Å². The Morgan fingerprint density at radius 1 is 1.89 bits per heavy atom. The molecule has 0 spiro atoms. The Hall–Kier alpha value is -1.41. The fourth-order valence-electron chi connectivity index (χ4n) is 0.181. The Morgan fingerprint density at radius 2 is 2.56 bits per heavy atom. The molecular formula is C5H5NO3. The lowest BCUT2D eigenvalue weighted by Crippen LogP contribution is -1.98. The molecule has 0 saturated heterocycles. The average Bonchev–Trinajstić information content (AvgIpc) is 1.89. The topological polar surface area (TPSA) is 55.7 Å². The van der Waals surface area contributed by atoms with Crippen molar-refractivity contribution in [1.29, 1.82) is 0 Å². The third kappa shape index (κ3) is 4.44. The summed E-state index contributed by atoms with van der Waals surface area (Å²) in [6.45, 7) is 2.84. The maximum absolute atomic E-state index is 10.2. The molecule has 0 amide bonds. The number of isocyanates is 1. The predicted molar refractivity (Wildman–Crippen MR) is 29.3 cm³/mol. The molecule has 48 valence electrons. The number of hydrogen-bond donors (Lipinski definition) is 0. The normalized spacial score (nSPS) is 7.11. The minimum Gasteiger partial charge on any atom is -0.438 e. The summed E-state index contributed by atoms with van der Waals surface area (Å²) in [7, 11) is 0. The van der Waals surface area contributed by atoms with Crippen LogP contribution in [-0.4, -0.2) is 18.8 Å². The highest BCUT2D eigenvalue weighted by atomic mass is 16.5. The molecule has 4 heteroatoms. The number of carbonyl (C=O) groups excluding carboxylic acids is 2. The highest BCUT2D eigenvalue weighted by Gasteiger charge is 1.89. The first-order chi connectivity index (χ1) is 4.31. The first-order valence-electron chi connectivity index (χ1n) is 2.14. The van der Waals surface area contributed by atoms with Crippen molar-refractivity contribution in [2.45, 2.75) is 0 Å². The summed E-state index contributed by atoms with van der Waals surface area (Å²) in [4.78, 5) is 22.5. The minimum absolute atomic E-state index is 0.283. The fourth-order valence-corrected chi connectivity index (χ4v) is 0.181. The van der Waals surface area contributed by atoms with Crippen LogP contribution in [0.25, 0.3) is 0 Å². The summed E-state index contributed by atoms with van der Waals surface area (Å²) in [5.41, 5.74) is 0. The van der Waals surface area contributed by atoms with Crippen LogP contribution in [0.3, 0.4) is 0 Å². The lowest BCUT2D eigenvalue weighted by molar-refractivity contribution is -0.137. The van der Waals surface area contributed by atoms with Crippen molar-refractivity contribution in [3.05, 3.63) is 12.7 Å².